The smallest absolute Gasteiger partial charge is 0.272 e. The van der Waals surface area contributed by atoms with Gasteiger partial charge in [0, 0.05) is 59.8 Å². The molecule has 180 valence electrons. The molecule has 5 aromatic rings. The number of pyridine rings is 1. The first-order valence-electron chi connectivity index (χ1n) is 11.1. The molecule has 0 saturated heterocycles. The molecular formula is C26H26N4O4S. The standard InChI is InChI=1S/C26H26N4O4S/c1-15-9-19(31)10-16(2)22(15)14-30-8-6-17-11-18(28-35(4,33)34)12-21(24(17)30)23-13-29(3)25-20(23)5-7-27-26(25)32/h5-13,28,31H,14H2,1-4H3,(H,27,32). The second-order valence-corrected chi connectivity index (χ2v) is 10.8. The summed E-state index contributed by atoms with van der Waals surface area (Å²) in [6, 6.07) is 10.9. The van der Waals surface area contributed by atoms with Crippen LogP contribution in [0.15, 0.2) is 59.8 Å². The first-order valence-corrected chi connectivity index (χ1v) is 13.0. The van der Waals surface area contributed by atoms with Crippen LogP contribution in [0.1, 0.15) is 16.7 Å². The minimum atomic E-state index is -3.49. The van der Waals surface area contributed by atoms with Crippen molar-refractivity contribution in [3.05, 3.63) is 82.0 Å². The fourth-order valence-corrected chi connectivity index (χ4v) is 5.48. The van der Waals surface area contributed by atoms with Gasteiger partial charge in [-0.15, -0.1) is 0 Å². The van der Waals surface area contributed by atoms with E-state index in [2.05, 4.69) is 14.3 Å². The molecule has 5 rings (SSSR count). The van der Waals surface area contributed by atoms with Crippen LogP contribution in [0, 0.1) is 13.8 Å². The van der Waals surface area contributed by atoms with E-state index in [-0.39, 0.29) is 11.3 Å². The number of aryl methyl sites for hydroxylation is 3. The zero-order valence-electron chi connectivity index (χ0n) is 19.9. The van der Waals surface area contributed by atoms with E-state index < -0.39 is 10.0 Å². The third-order valence-corrected chi connectivity index (χ3v) is 6.97. The normalized spacial score (nSPS) is 12.0. The largest absolute Gasteiger partial charge is 0.508 e. The predicted molar refractivity (Wildman–Crippen MR) is 140 cm³/mol. The fraction of sp³-hybridized carbons (Fsp3) is 0.192. The molecule has 0 aliphatic rings. The third-order valence-electron chi connectivity index (χ3n) is 6.36. The number of nitrogens with zero attached hydrogens (tertiary/aromatic N) is 2. The summed E-state index contributed by atoms with van der Waals surface area (Å²) < 4.78 is 30.5. The number of hydrogen-bond acceptors (Lipinski definition) is 4. The minimum absolute atomic E-state index is 0.191. The van der Waals surface area contributed by atoms with Crippen molar-refractivity contribution in [2.75, 3.05) is 11.0 Å². The van der Waals surface area contributed by atoms with E-state index in [1.807, 2.05) is 57.6 Å². The van der Waals surface area contributed by atoms with Crippen LogP contribution >= 0.6 is 0 Å². The number of aromatic nitrogens is 3. The summed E-state index contributed by atoms with van der Waals surface area (Å²) in [5.41, 5.74) is 6.42. The summed E-state index contributed by atoms with van der Waals surface area (Å²) in [6.07, 6.45) is 6.61. The van der Waals surface area contributed by atoms with E-state index in [1.54, 1.807) is 22.9 Å². The van der Waals surface area contributed by atoms with Crippen LogP contribution in [0.5, 0.6) is 5.75 Å². The fourth-order valence-electron chi connectivity index (χ4n) is 4.93. The molecule has 3 aromatic heterocycles. The van der Waals surface area contributed by atoms with Crippen LogP contribution in [-0.2, 0) is 23.6 Å². The van der Waals surface area contributed by atoms with Gasteiger partial charge in [-0.25, -0.2) is 8.42 Å². The summed E-state index contributed by atoms with van der Waals surface area (Å²) in [5.74, 6) is 0.235. The lowest BCUT2D eigenvalue weighted by molar-refractivity contribution is 0.474. The van der Waals surface area contributed by atoms with Gasteiger partial charge in [-0.1, -0.05) is 0 Å². The van der Waals surface area contributed by atoms with Crippen molar-refractivity contribution < 1.29 is 13.5 Å². The van der Waals surface area contributed by atoms with Gasteiger partial charge in [0.25, 0.3) is 5.56 Å². The number of phenolic OH excluding ortho intramolecular Hbond substituents is 1. The molecular weight excluding hydrogens is 464 g/mol. The van der Waals surface area contributed by atoms with Crippen LogP contribution in [-0.4, -0.2) is 33.9 Å². The highest BCUT2D eigenvalue weighted by molar-refractivity contribution is 7.92. The minimum Gasteiger partial charge on any atom is -0.508 e. The van der Waals surface area contributed by atoms with E-state index in [1.165, 1.54) is 0 Å². The topological polar surface area (TPSA) is 109 Å². The van der Waals surface area contributed by atoms with Gasteiger partial charge in [0.05, 0.1) is 11.8 Å². The van der Waals surface area contributed by atoms with Crippen molar-refractivity contribution in [1.29, 1.82) is 0 Å². The summed E-state index contributed by atoms with van der Waals surface area (Å²) in [5, 5.41) is 11.6. The molecule has 35 heavy (non-hydrogen) atoms. The highest BCUT2D eigenvalue weighted by atomic mass is 32.2. The number of anilines is 1. The van der Waals surface area contributed by atoms with Gasteiger partial charge in [-0.05, 0) is 66.9 Å². The van der Waals surface area contributed by atoms with Crippen molar-refractivity contribution in [2.45, 2.75) is 20.4 Å². The van der Waals surface area contributed by atoms with E-state index in [9.17, 15) is 18.3 Å². The van der Waals surface area contributed by atoms with Crippen molar-refractivity contribution in [1.82, 2.24) is 14.1 Å². The maximum absolute atomic E-state index is 12.5. The molecule has 0 radical (unpaired) electrons. The van der Waals surface area contributed by atoms with Gasteiger partial charge < -0.3 is 19.2 Å². The number of aromatic hydroxyl groups is 1. The van der Waals surface area contributed by atoms with Crippen molar-refractivity contribution in [2.24, 2.45) is 7.05 Å². The number of rotatable bonds is 5. The molecule has 0 amide bonds. The highest BCUT2D eigenvalue weighted by Crippen LogP contribution is 2.37. The molecule has 0 spiro atoms. The van der Waals surface area contributed by atoms with Gasteiger partial charge in [-0.2, -0.15) is 0 Å². The number of H-pyrrole nitrogens is 1. The lowest BCUT2D eigenvalue weighted by atomic mass is 10.0. The number of benzene rings is 2. The highest BCUT2D eigenvalue weighted by Gasteiger charge is 2.19. The SMILES string of the molecule is Cc1cc(O)cc(C)c1Cn1ccc2cc(NS(C)(=O)=O)cc(-c3cn(C)c4c(=O)[nH]ccc34)c21. The molecule has 0 bridgehead atoms. The van der Waals surface area contributed by atoms with Crippen LogP contribution in [0.3, 0.4) is 0 Å². The Kier molecular flexibility index (Phi) is 5.25. The first-order chi connectivity index (χ1) is 16.5. The van der Waals surface area contributed by atoms with Crippen LogP contribution < -0.4 is 10.3 Å². The summed E-state index contributed by atoms with van der Waals surface area (Å²) in [6.45, 7) is 4.51. The summed E-state index contributed by atoms with van der Waals surface area (Å²) in [4.78, 5) is 15.3. The Bertz CT molecular complexity index is 1770. The monoisotopic (exact) mass is 490 g/mol. The molecule has 9 heteroatoms. The van der Waals surface area contributed by atoms with Gasteiger partial charge >= 0.3 is 0 Å². The molecule has 0 aliphatic heterocycles. The lowest BCUT2D eigenvalue weighted by Gasteiger charge is -2.15. The quantitative estimate of drug-likeness (QED) is 0.342. The average Bonchev–Trinajstić information content (AvgIpc) is 3.30. The number of fused-ring (bicyclic) bond motifs is 2. The molecule has 0 atom stereocenters. The number of aromatic amines is 1. The summed E-state index contributed by atoms with van der Waals surface area (Å²) >= 11 is 0. The van der Waals surface area contributed by atoms with Crippen molar-refractivity contribution in [3.63, 3.8) is 0 Å². The maximum atomic E-state index is 12.5. The summed E-state index contributed by atoms with van der Waals surface area (Å²) in [7, 11) is -1.67. The molecule has 0 unspecified atom stereocenters. The molecule has 0 fully saturated rings. The van der Waals surface area contributed by atoms with Crippen LogP contribution in [0.2, 0.25) is 0 Å². The van der Waals surface area contributed by atoms with Crippen LogP contribution in [0.25, 0.3) is 32.9 Å². The Hall–Kier alpha value is -3.98. The number of nitrogens with one attached hydrogen (secondary N) is 2. The Morgan fingerprint density at radius 3 is 2.43 bits per heavy atom. The molecule has 0 aliphatic carbocycles. The molecule has 0 saturated carbocycles. The van der Waals surface area contributed by atoms with Gasteiger partial charge in [0.15, 0.2) is 0 Å². The zero-order valence-corrected chi connectivity index (χ0v) is 20.7. The second kappa shape index (κ2) is 8.06. The third kappa shape index (κ3) is 4.08. The first kappa shape index (κ1) is 22.8. The molecule has 2 aromatic carbocycles. The maximum Gasteiger partial charge on any atom is 0.272 e. The number of hydrogen-bond donors (Lipinski definition) is 3. The Morgan fingerprint density at radius 1 is 1.03 bits per heavy atom. The number of sulfonamides is 1. The van der Waals surface area contributed by atoms with E-state index in [0.29, 0.717) is 17.7 Å². The second-order valence-electron chi connectivity index (χ2n) is 9.06. The zero-order chi connectivity index (χ0) is 25.1. The number of phenols is 1. The molecule has 8 nitrogen and oxygen atoms in total. The average molecular weight is 491 g/mol. The van der Waals surface area contributed by atoms with Gasteiger partial charge in [0.2, 0.25) is 10.0 Å². The molecule has 3 heterocycles. The van der Waals surface area contributed by atoms with Gasteiger partial charge in [0.1, 0.15) is 11.3 Å². The van der Waals surface area contributed by atoms with Crippen molar-refractivity contribution in [3.8, 4) is 16.9 Å². The Labute approximate surface area is 202 Å². The lowest BCUT2D eigenvalue weighted by Crippen LogP contribution is -2.10. The van der Waals surface area contributed by atoms with Crippen LogP contribution in [0.4, 0.5) is 5.69 Å². The van der Waals surface area contributed by atoms with Gasteiger partial charge in [-0.3, -0.25) is 9.52 Å². The van der Waals surface area contributed by atoms with E-state index in [4.69, 9.17) is 0 Å². The Morgan fingerprint density at radius 2 is 1.74 bits per heavy atom. The van der Waals surface area contributed by atoms with Crippen molar-refractivity contribution >= 4 is 37.5 Å². The van der Waals surface area contributed by atoms with E-state index in [0.717, 1.165) is 50.4 Å². The Balaban J connectivity index is 1.80. The molecule has 3 N–H and O–H groups in total. The van der Waals surface area contributed by atoms with E-state index >= 15 is 0 Å². The predicted octanol–water partition coefficient (Wildman–Crippen LogP) is 4.23.